The first-order valence-corrected chi connectivity index (χ1v) is 18.5. The minimum absolute atomic E-state index is 0.0384. The van der Waals surface area contributed by atoms with Gasteiger partial charge in [0.1, 0.15) is 11.4 Å². The Bertz CT molecular complexity index is 2430. The first-order valence-electron chi connectivity index (χ1n) is 18.5. The lowest BCUT2D eigenvalue weighted by Crippen LogP contribution is -2.18. The number of nitrogens with zero attached hydrogens (tertiary/aromatic N) is 2. The van der Waals surface area contributed by atoms with E-state index < -0.39 is 0 Å². The van der Waals surface area contributed by atoms with Crippen LogP contribution in [0.1, 0.15) is 56.1 Å². The second kappa shape index (κ2) is 14.3. The fourth-order valence-corrected chi connectivity index (χ4v) is 7.76. The summed E-state index contributed by atoms with van der Waals surface area (Å²) in [6.45, 7) is 0. The summed E-state index contributed by atoms with van der Waals surface area (Å²) in [6, 6.07) is 52.9. The van der Waals surface area contributed by atoms with Crippen LogP contribution >= 0.6 is 0 Å². The molecule has 0 radical (unpaired) electrons. The predicted octanol–water partition coefficient (Wildman–Crippen LogP) is 11.6. The summed E-state index contributed by atoms with van der Waals surface area (Å²) in [4.78, 5) is 38.4. The zero-order valence-electron chi connectivity index (χ0n) is 29.7. The summed E-state index contributed by atoms with van der Waals surface area (Å²) in [5, 5.41) is 0. The number of pyridine rings is 2. The molecule has 0 saturated heterocycles. The quantitative estimate of drug-likeness (QED) is 0.162. The summed E-state index contributed by atoms with van der Waals surface area (Å²) in [7, 11) is 0. The van der Waals surface area contributed by atoms with Gasteiger partial charge in [0.15, 0.2) is 0 Å². The number of rotatable bonds is 6. The first kappa shape index (κ1) is 33.1. The number of carbonyl (C=O) groups is 2. The maximum atomic E-state index is 14.2. The molecule has 4 heteroatoms. The van der Waals surface area contributed by atoms with Gasteiger partial charge in [-0.25, -0.2) is 9.97 Å². The summed E-state index contributed by atoms with van der Waals surface area (Å²) < 4.78 is 0. The molecular formula is C50H36N2O2. The average Bonchev–Trinajstić information content (AvgIpc) is 3.24. The van der Waals surface area contributed by atoms with Crippen molar-refractivity contribution in [2.75, 3.05) is 0 Å². The van der Waals surface area contributed by atoms with Crippen LogP contribution in [-0.2, 0) is 12.8 Å². The lowest BCUT2D eigenvalue weighted by molar-refractivity contribution is 0.101. The Balaban J connectivity index is 1.05. The largest absolute Gasteiger partial charge is 0.287 e. The van der Waals surface area contributed by atoms with Gasteiger partial charge in [0.2, 0.25) is 11.6 Å². The van der Waals surface area contributed by atoms with Crippen LogP contribution in [0.3, 0.4) is 0 Å². The highest BCUT2D eigenvalue weighted by atomic mass is 16.1. The van der Waals surface area contributed by atoms with Gasteiger partial charge in [-0.3, -0.25) is 9.59 Å². The molecule has 0 unspecified atom stereocenters. The molecule has 0 amide bonds. The topological polar surface area (TPSA) is 59.9 Å². The molecule has 0 spiro atoms. The van der Waals surface area contributed by atoms with E-state index in [0.29, 0.717) is 24.2 Å². The van der Waals surface area contributed by atoms with Crippen LogP contribution in [0.5, 0.6) is 0 Å². The molecule has 0 N–H and O–H groups in total. The number of ketones is 2. The Morgan fingerprint density at radius 1 is 0.389 bits per heavy atom. The third-order valence-electron chi connectivity index (χ3n) is 10.5. The zero-order chi connectivity index (χ0) is 36.4. The van der Waals surface area contributed by atoms with Gasteiger partial charge in [0, 0.05) is 22.3 Å². The molecule has 0 fully saturated rings. The van der Waals surface area contributed by atoms with Crippen molar-refractivity contribution in [2.24, 2.45) is 0 Å². The van der Waals surface area contributed by atoms with Crippen molar-refractivity contribution in [3.63, 3.8) is 0 Å². The summed E-state index contributed by atoms with van der Waals surface area (Å²) >= 11 is 0. The lowest BCUT2D eigenvalue weighted by Gasteiger charge is -2.22. The van der Waals surface area contributed by atoms with Crippen LogP contribution in [0, 0.1) is 0 Å². The normalized spacial score (nSPS) is 15.3. The van der Waals surface area contributed by atoms with Gasteiger partial charge in [-0.2, -0.15) is 0 Å². The third-order valence-corrected chi connectivity index (χ3v) is 10.5. The van der Waals surface area contributed by atoms with E-state index in [2.05, 4.69) is 42.5 Å². The van der Waals surface area contributed by atoms with E-state index in [1.165, 1.54) is 0 Å². The number of aromatic nitrogens is 2. The lowest BCUT2D eigenvalue weighted by atomic mass is 9.83. The standard InChI is InChI=1S/C50H36N2O2/c53-49-39(24-26-41-43(35-16-5-1-6-17-35)31-45(51-47(41)49)37-20-9-3-10-21-37)29-33-14-13-15-34(28-33)30-40-25-27-42-44(36-18-7-2-8-19-36)32-46(52-48(42)50(40)54)38-22-11-4-12-23-38/h1-23,28-32H,24-27H2. The van der Waals surface area contributed by atoms with E-state index in [-0.39, 0.29) is 11.6 Å². The zero-order valence-corrected chi connectivity index (χ0v) is 29.7. The summed E-state index contributed by atoms with van der Waals surface area (Å²) in [5.41, 5.74) is 14.1. The number of hydrogen-bond acceptors (Lipinski definition) is 4. The smallest absolute Gasteiger partial charge is 0.207 e. The third kappa shape index (κ3) is 6.44. The number of benzene rings is 5. The van der Waals surface area contributed by atoms with Crippen molar-refractivity contribution in [1.29, 1.82) is 0 Å². The minimum atomic E-state index is -0.0384. The van der Waals surface area contributed by atoms with Gasteiger partial charge < -0.3 is 0 Å². The molecule has 0 bridgehead atoms. The van der Waals surface area contributed by atoms with Crippen molar-refractivity contribution in [3.05, 3.63) is 203 Å². The van der Waals surface area contributed by atoms with Crippen LogP contribution in [0.15, 0.2) is 169 Å². The van der Waals surface area contributed by atoms with Crippen molar-refractivity contribution >= 4 is 23.7 Å². The average molecular weight is 697 g/mol. The highest BCUT2D eigenvalue weighted by Crippen LogP contribution is 2.38. The molecule has 7 aromatic rings. The molecular weight excluding hydrogens is 661 g/mol. The second-order valence-electron chi connectivity index (χ2n) is 13.9. The maximum absolute atomic E-state index is 14.2. The molecule has 0 aliphatic heterocycles. The molecule has 2 aromatic heterocycles. The fourth-order valence-electron chi connectivity index (χ4n) is 7.76. The van der Waals surface area contributed by atoms with E-state index in [1.807, 2.05) is 127 Å². The molecule has 0 atom stereocenters. The van der Waals surface area contributed by atoms with Crippen molar-refractivity contribution < 1.29 is 9.59 Å². The highest BCUT2D eigenvalue weighted by molar-refractivity contribution is 6.14. The molecule has 54 heavy (non-hydrogen) atoms. The van der Waals surface area contributed by atoms with Crippen LogP contribution in [0.2, 0.25) is 0 Å². The molecule has 4 nitrogen and oxygen atoms in total. The minimum Gasteiger partial charge on any atom is -0.287 e. The Hall–Kier alpha value is -6.78. The fraction of sp³-hybridized carbons (Fsp3) is 0.0800. The predicted molar refractivity (Wildman–Crippen MR) is 218 cm³/mol. The van der Waals surface area contributed by atoms with E-state index in [1.54, 1.807) is 0 Å². The molecule has 0 saturated carbocycles. The maximum Gasteiger partial charge on any atom is 0.207 e. The summed E-state index contributed by atoms with van der Waals surface area (Å²) in [5.74, 6) is -0.0768. The van der Waals surface area contributed by atoms with Crippen molar-refractivity contribution in [3.8, 4) is 44.8 Å². The first-order chi connectivity index (χ1) is 26.6. The van der Waals surface area contributed by atoms with E-state index in [0.717, 1.165) is 91.0 Å². The molecule has 2 aliphatic rings. The van der Waals surface area contributed by atoms with Gasteiger partial charge >= 0.3 is 0 Å². The van der Waals surface area contributed by atoms with Crippen LogP contribution in [0.25, 0.3) is 56.9 Å². The molecule has 2 aliphatic carbocycles. The molecule has 9 rings (SSSR count). The Morgan fingerprint density at radius 2 is 0.759 bits per heavy atom. The number of hydrogen-bond donors (Lipinski definition) is 0. The molecule has 2 heterocycles. The van der Waals surface area contributed by atoms with E-state index in [9.17, 15) is 9.59 Å². The van der Waals surface area contributed by atoms with Gasteiger partial charge in [-0.05, 0) is 101 Å². The number of fused-ring (bicyclic) bond motifs is 2. The number of Topliss-reactive ketones (excluding diaryl/α,β-unsaturated/α-hetero) is 2. The van der Waals surface area contributed by atoms with Crippen LogP contribution in [0.4, 0.5) is 0 Å². The van der Waals surface area contributed by atoms with E-state index in [4.69, 9.17) is 9.97 Å². The highest BCUT2D eigenvalue weighted by Gasteiger charge is 2.29. The molecule has 258 valence electrons. The van der Waals surface area contributed by atoms with Crippen molar-refractivity contribution in [1.82, 2.24) is 9.97 Å². The second-order valence-corrected chi connectivity index (χ2v) is 13.9. The monoisotopic (exact) mass is 696 g/mol. The van der Waals surface area contributed by atoms with Gasteiger partial charge in [-0.15, -0.1) is 0 Å². The number of allylic oxidation sites excluding steroid dienone is 2. The summed E-state index contributed by atoms with van der Waals surface area (Å²) in [6.07, 6.45) is 6.67. The van der Waals surface area contributed by atoms with Gasteiger partial charge in [0.05, 0.1) is 11.4 Å². The van der Waals surface area contributed by atoms with Gasteiger partial charge in [0.25, 0.3) is 0 Å². The number of carbonyl (C=O) groups excluding carboxylic acids is 2. The Labute approximate surface area is 315 Å². The van der Waals surface area contributed by atoms with Gasteiger partial charge in [-0.1, -0.05) is 140 Å². The molecule has 5 aromatic carbocycles. The van der Waals surface area contributed by atoms with Crippen molar-refractivity contribution in [2.45, 2.75) is 25.7 Å². The van der Waals surface area contributed by atoms with Crippen LogP contribution in [-0.4, -0.2) is 21.5 Å². The SMILES string of the molecule is O=C1C(=Cc2cccc(C=C3CCc4c(-c5ccccc5)cc(-c5ccccc5)nc4C3=O)c2)CCc2c(-c3ccccc3)cc(-c3ccccc3)nc21. The van der Waals surface area contributed by atoms with Crippen LogP contribution < -0.4 is 0 Å². The Kier molecular flexibility index (Phi) is 8.78. The van der Waals surface area contributed by atoms with E-state index >= 15 is 0 Å². The Morgan fingerprint density at radius 3 is 1.15 bits per heavy atom.